The summed E-state index contributed by atoms with van der Waals surface area (Å²) in [6, 6.07) is 0.993. The van der Waals surface area contributed by atoms with E-state index < -0.39 is 0 Å². The first-order valence-corrected chi connectivity index (χ1v) is 5.96. The van der Waals surface area contributed by atoms with Gasteiger partial charge in [-0.25, -0.2) is 4.98 Å². The second kappa shape index (κ2) is 6.01. The summed E-state index contributed by atoms with van der Waals surface area (Å²) in [5.41, 5.74) is 0. The Bertz CT molecular complexity index is 308. The molecule has 1 aromatic rings. The van der Waals surface area contributed by atoms with Crippen LogP contribution in [-0.2, 0) is 13.6 Å². The number of likely N-dealkylation sites (N-methyl/N-ethyl adjacent to an activating group) is 2. The van der Waals surface area contributed by atoms with Gasteiger partial charge in [-0.1, -0.05) is 6.92 Å². The molecule has 16 heavy (non-hydrogen) atoms. The van der Waals surface area contributed by atoms with Crippen LogP contribution in [0.3, 0.4) is 0 Å². The number of imidazole rings is 1. The quantitative estimate of drug-likeness (QED) is 0.789. The molecule has 0 aromatic carbocycles. The molecule has 4 nitrogen and oxygen atoms in total. The molecule has 1 aromatic heterocycles. The van der Waals surface area contributed by atoms with Gasteiger partial charge in [-0.2, -0.15) is 0 Å². The largest absolute Gasteiger partial charge is 0.337 e. The van der Waals surface area contributed by atoms with E-state index in [-0.39, 0.29) is 0 Å². The Morgan fingerprint density at radius 2 is 2.19 bits per heavy atom. The molecule has 92 valence electrons. The predicted molar refractivity (Wildman–Crippen MR) is 67.3 cm³/mol. The monoisotopic (exact) mass is 224 g/mol. The lowest BCUT2D eigenvalue weighted by Gasteiger charge is -2.29. The van der Waals surface area contributed by atoms with E-state index in [0.717, 1.165) is 18.9 Å². The average Bonchev–Trinajstić information content (AvgIpc) is 2.63. The van der Waals surface area contributed by atoms with Crippen LogP contribution in [-0.4, -0.2) is 40.1 Å². The molecule has 0 saturated carbocycles. The Labute approximate surface area is 98.7 Å². The van der Waals surface area contributed by atoms with Crippen molar-refractivity contribution >= 4 is 0 Å². The summed E-state index contributed by atoms with van der Waals surface area (Å²) in [5, 5.41) is 3.45. The smallest absolute Gasteiger partial charge is 0.122 e. The number of nitrogens with one attached hydrogen (secondary N) is 1. The highest BCUT2D eigenvalue weighted by atomic mass is 15.2. The summed E-state index contributed by atoms with van der Waals surface area (Å²) < 4.78 is 2.07. The van der Waals surface area contributed by atoms with Crippen LogP contribution < -0.4 is 5.32 Å². The lowest BCUT2D eigenvalue weighted by Crippen LogP contribution is -2.45. The molecule has 1 heterocycles. The SMILES string of the molecule is CCNC(C)C(C)N(C)Cc1nccn1C. The molecule has 2 atom stereocenters. The molecule has 2 unspecified atom stereocenters. The molecule has 0 radical (unpaired) electrons. The maximum Gasteiger partial charge on any atom is 0.122 e. The van der Waals surface area contributed by atoms with Gasteiger partial charge in [0.1, 0.15) is 5.82 Å². The molecule has 0 bridgehead atoms. The highest BCUT2D eigenvalue weighted by Crippen LogP contribution is 2.06. The van der Waals surface area contributed by atoms with E-state index in [0.29, 0.717) is 12.1 Å². The zero-order valence-electron chi connectivity index (χ0n) is 11.1. The summed E-state index contributed by atoms with van der Waals surface area (Å²) in [5.74, 6) is 1.11. The first-order chi connectivity index (χ1) is 7.56. The van der Waals surface area contributed by atoms with Crippen molar-refractivity contribution in [3.63, 3.8) is 0 Å². The van der Waals surface area contributed by atoms with Crippen LogP contribution in [0, 0.1) is 0 Å². The summed E-state index contributed by atoms with van der Waals surface area (Å²) in [6.45, 7) is 8.52. The zero-order valence-corrected chi connectivity index (χ0v) is 11.1. The molecule has 0 fully saturated rings. The number of hydrogen-bond donors (Lipinski definition) is 1. The topological polar surface area (TPSA) is 33.1 Å². The molecule has 0 amide bonds. The van der Waals surface area contributed by atoms with Crippen LogP contribution in [0.2, 0.25) is 0 Å². The van der Waals surface area contributed by atoms with Gasteiger partial charge in [0.05, 0.1) is 6.54 Å². The number of aryl methyl sites for hydroxylation is 1. The number of aromatic nitrogens is 2. The Morgan fingerprint density at radius 1 is 1.50 bits per heavy atom. The van der Waals surface area contributed by atoms with Crippen molar-refractivity contribution in [2.24, 2.45) is 7.05 Å². The second-order valence-electron chi connectivity index (χ2n) is 4.46. The van der Waals surface area contributed by atoms with E-state index in [1.807, 2.05) is 19.4 Å². The van der Waals surface area contributed by atoms with Gasteiger partial charge in [-0.05, 0) is 27.4 Å². The predicted octanol–water partition coefficient (Wildman–Crippen LogP) is 1.24. The number of hydrogen-bond acceptors (Lipinski definition) is 3. The first-order valence-electron chi connectivity index (χ1n) is 5.96. The third kappa shape index (κ3) is 3.32. The van der Waals surface area contributed by atoms with Crippen molar-refractivity contribution < 1.29 is 0 Å². The van der Waals surface area contributed by atoms with Crippen molar-refractivity contribution in [1.82, 2.24) is 19.8 Å². The zero-order chi connectivity index (χ0) is 12.1. The van der Waals surface area contributed by atoms with E-state index in [1.54, 1.807) is 0 Å². The Kier molecular flexibility index (Phi) is 4.96. The summed E-state index contributed by atoms with van der Waals surface area (Å²) in [7, 11) is 4.18. The van der Waals surface area contributed by atoms with E-state index in [4.69, 9.17) is 0 Å². The minimum Gasteiger partial charge on any atom is -0.337 e. The normalized spacial score (nSPS) is 15.4. The maximum atomic E-state index is 4.34. The Morgan fingerprint density at radius 3 is 2.69 bits per heavy atom. The van der Waals surface area contributed by atoms with Crippen LogP contribution in [0.4, 0.5) is 0 Å². The minimum atomic E-state index is 0.496. The van der Waals surface area contributed by atoms with Gasteiger partial charge in [0.25, 0.3) is 0 Å². The Balaban J connectivity index is 2.51. The van der Waals surface area contributed by atoms with E-state index in [9.17, 15) is 0 Å². The molecule has 1 N–H and O–H groups in total. The lowest BCUT2D eigenvalue weighted by molar-refractivity contribution is 0.201. The molecule has 0 aliphatic heterocycles. The highest BCUT2D eigenvalue weighted by molar-refractivity contribution is 4.91. The van der Waals surface area contributed by atoms with Crippen molar-refractivity contribution in [3.05, 3.63) is 18.2 Å². The molecule has 0 saturated heterocycles. The first kappa shape index (κ1) is 13.2. The third-order valence-electron chi connectivity index (χ3n) is 3.26. The van der Waals surface area contributed by atoms with Gasteiger partial charge in [0, 0.05) is 31.5 Å². The third-order valence-corrected chi connectivity index (χ3v) is 3.26. The highest BCUT2D eigenvalue weighted by Gasteiger charge is 2.17. The van der Waals surface area contributed by atoms with Crippen LogP contribution in [0.25, 0.3) is 0 Å². The molecule has 1 rings (SSSR count). The molecular weight excluding hydrogens is 200 g/mol. The summed E-state index contributed by atoms with van der Waals surface area (Å²) >= 11 is 0. The molecular formula is C12H24N4. The Hall–Kier alpha value is -0.870. The van der Waals surface area contributed by atoms with Gasteiger partial charge in [-0.15, -0.1) is 0 Å². The van der Waals surface area contributed by atoms with Crippen molar-refractivity contribution in [2.45, 2.75) is 39.4 Å². The maximum absolute atomic E-state index is 4.34. The summed E-state index contributed by atoms with van der Waals surface area (Å²) in [6.07, 6.45) is 3.84. The molecule has 0 aliphatic rings. The van der Waals surface area contributed by atoms with Gasteiger partial charge in [0.15, 0.2) is 0 Å². The van der Waals surface area contributed by atoms with E-state index in [1.165, 1.54) is 0 Å². The van der Waals surface area contributed by atoms with Crippen molar-refractivity contribution in [2.75, 3.05) is 13.6 Å². The standard InChI is InChI=1S/C12H24N4/c1-6-13-10(2)11(3)16(5)9-12-14-7-8-15(12)4/h7-8,10-11,13H,6,9H2,1-5H3. The minimum absolute atomic E-state index is 0.496. The molecule has 0 spiro atoms. The van der Waals surface area contributed by atoms with Gasteiger partial charge in [-0.3, -0.25) is 4.90 Å². The number of nitrogens with zero attached hydrogens (tertiary/aromatic N) is 3. The van der Waals surface area contributed by atoms with E-state index in [2.05, 4.69) is 47.6 Å². The van der Waals surface area contributed by atoms with Gasteiger partial charge >= 0.3 is 0 Å². The van der Waals surface area contributed by atoms with Crippen LogP contribution in [0.15, 0.2) is 12.4 Å². The number of rotatable bonds is 6. The van der Waals surface area contributed by atoms with Crippen LogP contribution in [0.5, 0.6) is 0 Å². The molecule has 0 aliphatic carbocycles. The van der Waals surface area contributed by atoms with Gasteiger partial charge in [0.2, 0.25) is 0 Å². The fourth-order valence-corrected chi connectivity index (χ4v) is 1.79. The molecule has 4 heteroatoms. The summed E-state index contributed by atoms with van der Waals surface area (Å²) in [4.78, 5) is 6.67. The lowest BCUT2D eigenvalue weighted by atomic mass is 10.1. The second-order valence-corrected chi connectivity index (χ2v) is 4.46. The van der Waals surface area contributed by atoms with E-state index >= 15 is 0 Å². The van der Waals surface area contributed by atoms with Crippen molar-refractivity contribution in [1.29, 1.82) is 0 Å². The fourth-order valence-electron chi connectivity index (χ4n) is 1.79. The van der Waals surface area contributed by atoms with Crippen LogP contribution in [0.1, 0.15) is 26.6 Å². The average molecular weight is 224 g/mol. The van der Waals surface area contributed by atoms with Crippen LogP contribution >= 0.6 is 0 Å². The fraction of sp³-hybridized carbons (Fsp3) is 0.750. The van der Waals surface area contributed by atoms with Gasteiger partial charge < -0.3 is 9.88 Å². The van der Waals surface area contributed by atoms with Crippen molar-refractivity contribution in [3.8, 4) is 0 Å².